The van der Waals surface area contributed by atoms with E-state index in [0.29, 0.717) is 0 Å². The van der Waals surface area contributed by atoms with Gasteiger partial charge in [-0.25, -0.2) is 0 Å². The minimum atomic E-state index is -6.00. The van der Waals surface area contributed by atoms with Gasteiger partial charge in [0.15, 0.2) is 0 Å². The molecule has 0 aromatic carbocycles. The molecule has 0 aromatic rings. The molecule has 0 spiro atoms. The summed E-state index contributed by atoms with van der Waals surface area (Å²) in [6.07, 6.45) is 28.0. The fraction of sp³-hybridized carbons (Fsp3) is 0.500. The molecule has 22 heavy (non-hydrogen) atoms. The molecule has 2 rings (SSSR count). The monoisotopic (exact) mass is 406 g/mol. The second-order valence-corrected chi connectivity index (χ2v) is 4.78. The molecule has 0 nitrogen and oxygen atoms in total. The summed E-state index contributed by atoms with van der Waals surface area (Å²) >= 11 is 0. The van der Waals surface area contributed by atoms with E-state index in [0.717, 1.165) is 0 Å². The summed E-state index contributed by atoms with van der Waals surface area (Å²) in [7, 11) is -6.00. The Morgan fingerprint density at radius 3 is 0.864 bits per heavy atom. The molecule has 6 heteroatoms. The zero-order chi connectivity index (χ0) is 15.8. The summed E-state index contributed by atoms with van der Waals surface area (Å²) in [5.41, 5.74) is 0. The number of halogens is 4. The van der Waals surface area contributed by atoms with E-state index in [2.05, 4.69) is 48.6 Å². The molecule has 0 fully saturated rings. The first kappa shape index (κ1) is 23.6. The third-order valence-electron chi connectivity index (χ3n) is 2.75. The molecule has 0 atom stereocenters. The molecule has 0 heterocycles. The van der Waals surface area contributed by atoms with Crippen LogP contribution in [0.25, 0.3) is 0 Å². The van der Waals surface area contributed by atoms with Gasteiger partial charge in [-0.05, 0) is 51.4 Å². The zero-order valence-corrected chi connectivity index (χ0v) is 14.3. The molecule has 2 aliphatic carbocycles. The van der Waals surface area contributed by atoms with Crippen molar-refractivity contribution in [3.63, 3.8) is 0 Å². The summed E-state index contributed by atoms with van der Waals surface area (Å²) in [4.78, 5) is 0. The number of allylic oxidation sites excluding steroid dienone is 8. The van der Waals surface area contributed by atoms with Crippen LogP contribution in [-0.4, -0.2) is 7.25 Å². The van der Waals surface area contributed by atoms with E-state index in [1.165, 1.54) is 51.4 Å². The minimum Gasteiger partial charge on any atom is -0.418 e. The Morgan fingerprint density at radius 2 is 0.682 bits per heavy atom. The smallest absolute Gasteiger partial charge is 0.418 e. The van der Waals surface area contributed by atoms with E-state index in [1.807, 2.05) is 0 Å². The van der Waals surface area contributed by atoms with Crippen molar-refractivity contribution < 1.29 is 36.7 Å². The summed E-state index contributed by atoms with van der Waals surface area (Å²) in [6.45, 7) is 0. The van der Waals surface area contributed by atoms with Crippen molar-refractivity contribution in [3.8, 4) is 0 Å². The maximum absolute atomic E-state index is 9.75. The number of hydrogen-bond donors (Lipinski definition) is 0. The maximum atomic E-state index is 9.75. The van der Waals surface area contributed by atoms with Gasteiger partial charge in [-0.3, -0.25) is 0 Å². The van der Waals surface area contributed by atoms with E-state index >= 15 is 0 Å². The molecule has 0 aliphatic heterocycles. The number of rotatable bonds is 0. The fourth-order valence-electron chi connectivity index (χ4n) is 1.75. The average Bonchev–Trinajstić information content (AvgIpc) is 2.24. The van der Waals surface area contributed by atoms with Gasteiger partial charge >= 0.3 is 7.25 Å². The van der Waals surface area contributed by atoms with Gasteiger partial charge in [-0.15, -0.1) is 0 Å². The van der Waals surface area contributed by atoms with Gasteiger partial charge in [0, 0.05) is 19.5 Å². The molecule has 0 bridgehead atoms. The first-order valence-corrected chi connectivity index (χ1v) is 7.51. The SMILES string of the molecule is C1=CCCCCC=C1.C1=CCCCCC=C1.F[B-](F)(F)F.[Rh]. The Kier molecular flexibility index (Phi) is 18.0. The molecule has 0 amide bonds. The average molecular weight is 406 g/mol. The van der Waals surface area contributed by atoms with Gasteiger partial charge in [0.2, 0.25) is 0 Å². The van der Waals surface area contributed by atoms with Crippen molar-refractivity contribution in [2.24, 2.45) is 0 Å². The Hall–Kier alpha value is -0.632. The Labute approximate surface area is 144 Å². The van der Waals surface area contributed by atoms with Gasteiger partial charge in [-0.2, -0.15) is 0 Å². The minimum absolute atomic E-state index is 0. The summed E-state index contributed by atoms with van der Waals surface area (Å²) in [5, 5.41) is 0. The standard InChI is InChI=1S/2C8H12.BF4.Rh/c2*1-2-4-6-8-7-5-3-1;2-1(3,4)5;/h2*1-4H,5-8H2;;/q;;-1;. The van der Waals surface area contributed by atoms with Crippen molar-refractivity contribution in [2.75, 3.05) is 0 Å². The van der Waals surface area contributed by atoms with Crippen LogP contribution in [0.5, 0.6) is 0 Å². The second-order valence-electron chi connectivity index (χ2n) is 4.78. The third kappa shape index (κ3) is 27.7. The molecule has 0 saturated carbocycles. The van der Waals surface area contributed by atoms with Crippen molar-refractivity contribution >= 4 is 7.25 Å². The topological polar surface area (TPSA) is 0 Å². The summed E-state index contributed by atoms with van der Waals surface area (Å²) in [6, 6.07) is 0. The molecule has 129 valence electrons. The normalized spacial score (nSPS) is 17.3. The van der Waals surface area contributed by atoms with E-state index in [4.69, 9.17) is 0 Å². The Balaban J connectivity index is 0. The maximum Gasteiger partial charge on any atom is 0.673 e. The van der Waals surface area contributed by atoms with Crippen molar-refractivity contribution in [1.29, 1.82) is 0 Å². The first-order chi connectivity index (χ1) is 10.0. The molecule has 0 saturated heterocycles. The summed E-state index contributed by atoms with van der Waals surface area (Å²) in [5.74, 6) is 0. The van der Waals surface area contributed by atoms with Crippen LogP contribution in [0.3, 0.4) is 0 Å². The molecular formula is C16H24BF4Rh-. The van der Waals surface area contributed by atoms with Crippen LogP contribution in [0.2, 0.25) is 0 Å². The molecule has 0 unspecified atom stereocenters. The van der Waals surface area contributed by atoms with E-state index in [1.54, 1.807) is 0 Å². The van der Waals surface area contributed by atoms with Crippen LogP contribution in [0, 0.1) is 0 Å². The molecular weight excluding hydrogens is 382 g/mol. The van der Waals surface area contributed by atoms with Crippen LogP contribution in [0.1, 0.15) is 51.4 Å². The van der Waals surface area contributed by atoms with Gasteiger partial charge in [-0.1, -0.05) is 48.6 Å². The van der Waals surface area contributed by atoms with Gasteiger partial charge < -0.3 is 17.3 Å². The zero-order valence-electron chi connectivity index (χ0n) is 12.7. The van der Waals surface area contributed by atoms with Crippen molar-refractivity contribution in [2.45, 2.75) is 51.4 Å². The van der Waals surface area contributed by atoms with Crippen LogP contribution in [-0.2, 0) is 19.5 Å². The van der Waals surface area contributed by atoms with Crippen LogP contribution < -0.4 is 0 Å². The van der Waals surface area contributed by atoms with Crippen molar-refractivity contribution in [3.05, 3.63) is 48.6 Å². The number of hydrogen-bond acceptors (Lipinski definition) is 0. The van der Waals surface area contributed by atoms with Gasteiger partial charge in [0.25, 0.3) is 0 Å². The van der Waals surface area contributed by atoms with Gasteiger partial charge in [0.05, 0.1) is 0 Å². The second kappa shape index (κ2) is 16.7. The Bertz CT molecular complexity index is 285. The molecule has 0 aromatic heterocycles. The predicted molar refractivity (Wildman–Crippen MR) is 83.7 cm³/mol. The fourth-order valence-corrected chi connectivity index (χ4v) is 1.75. The molecule has 1 radical (unpaired) electrons. The third-order valence-corrected chi connectivity index (χ3v) is 2.75. The molecule has 0 N–H and O–H groups in total. The van der Waals surface area contributed by atoms with E-state index < -0.39 is 7.25 Å². The van der Waals surface area contributed by atoms with E-state index in [9.17, 15) is 17.3 Å². The largest absolute Gasteiger partial charge is 0.673 e. The van der Waals surface area contributed by atoms with E-state index in [-0.39, 0.29) is 19.5 Å². The first-order valence-electron chi connectivity index (χ1n) is 7.51. The van der Waals surface area contributed by atoms with Crippen LogP contribution >= 0.6 is 0 Å². The van der Waals surface area contributed by atoms with Crippen molar-refractivity contribution in [1.82, 2.24) is 0 Å². The predicted octanol–water partition coefficient (Wildman–Crippen LogP) is 6.64. The quantitative estimate of drug-likeness (QED) is 0.313. The van der Waals surface area contributed by atoms with Crippen LogP contribution in [0.15, 0.2) is 48.6 Å². The Morgan fingerprint density at radius 1 is 0.500 bits per heavy atom. The summed E-state index contributed by atoms with van der Waals surface area (Å²) < 4.78 is 39.0. The van der Waals surface area contributed by atoms with Gasteiger partial charge in [0.1, 0.15) is 0 Å². The molecule has 2 aliphatic rings. The van der Waals surface area contributed by atoms with Crippen LogP contribution in [0.4, 0.5) is 17.3 Å².